The monoisotopic (exact) mass is 471 g/mol. The molecule has 1 fully saturated rings. The Morgan fingerprint density at radius 2 is 1.65 bits per heavy atom. The Balaban J connectivity index is 1.58. The molecular formula is C24H19Cl2NO3S. The highest BCUT2D eigenvalue weighted by Crippen LogP contribution is 2.40. The van der Waals surface area contributed by atoms with Crippen molar-refractivity contribution >= 4 is 45.4 Å². The van der Waals surface area contributed by atoms with Crippen molar-refractivity contribution in [1.29, 1.82) is 0 Å². The van der Waals surface area contributed by atoms with Crippen LogP contribution >= 0.6 is 34.5 Å². The van der Waals surface area contributed by atoms with Gasteiger partial charge in [-0.3, -0.25) is 0 Å². The molecule has 4 nitrogen and oxygen atoms in total. The molecule has 0 atom stereocenters. The van der Waals surface area contributed by atoms with Gasteiger partial charge in [0, 0.05) is 33.2 Å². The van der Waals surface area contributed by atoms with Crippen molar-refractivity contribution in [1.82, 2.24) is 0 Å². The third-order valence-electron chi connectivity index (χ3n) is 5.56. The summed E-state index contributed by atoms with van der Waals surface area (Å²) in [6, 6.07) is 19.1. The molecule has 31 heavy (non-hydrogen) atoms. The minimum Gasteiger partial charge on any atom is -0.618 e. The average Bonchev–Trinajstić information content (AvgIpc) is 3.44. The van der Waals surface area contributed by atoms with Crippen LogP contribution in [0.3, 0.4) is 0 Å². The van der Waals surface area contributed by atoms with Gasteiger partial charge >= 0.3 is 0 Å². The number of pyridine rings is 1. The summed E-state index contributed by atoms with van der Waals surface area (Å²) >= 11 is 13.7. The van der Waals surface area contributed by atoms with E-state index in [4.69, 9.17) is 32.7 Å². The van der Waals surface area contributed by atoms with Crippen LogP contribution in [-0.2, 0) is 28.1 Å². The standard InChI is InChI=1S/C24H19Cl2NO3S/c25-19-5-2-17(3-6-19)24(29-13-14-30-24)18-4-9-22-21(15-18)16(11-12-27(22)28)1-7-20-8-10-23(26)31-20/h2-6,8-12,15H,1,7,13-14H2. The van der Waals surface area contributed by atoms with Crippen LogP contribution in [0.15, 0.2) is 66.9 Å². The smallest absolute Gasteiger partial charge is 0.224 e. The maximum atomic E-state index is 12.5. The predicted octanol–water partition coefficient (Wildman–Crippen LogP) is 5.87. The quantitative estimate of drug-likeness (QED) is 0.269. The van der Waals surface area contributed by atoms with E-state index in [0.29, 0.717) is 23.8 Å². The minimum absolute atomic E-state index is 0.489. The van der Waals surface area contributed by atoms with Crippen molar-refractivity contribution in [3.8, 4) is 0 Å². The van der Waals surface area contributed by atoms with E-state index < -0.39 is 5.79 Å². The van der Waals surface area contributed by atoms with E-state index in [2.05, 4.69) is 0 Å². The maximum Gasteiger partial charge on any atom is 0.224 e. The largest absolute Gasteiger partial charge is 0.618 e. The number of halogens is 2. The van der Waals surface area contributed by atoms with Crippen molar-refractivity contribution in [2.24, 2.45) is 0 Å². The minimum atomic E-state index is -1.01. The van der Waals surface area contributed by atoms with Gasteiger partial charge in [-0.2, -0.15) is 4.73 Å². The molecule has 5 rings (SSSR count). The lowest BCUT2D eigenvalue weighted by atomic mass is 9.94. The SMILES string of the molecule is [O-][n+]1ccc(CCc2ccc(Cl)s2)c2cc(C3(c4ccc(Cl)cc4)OCCO3)ccc21. The van der Waals surface area contributed by atoms with Crippen molar-refractivity contribution in [2.75, 3.05) is 13.2 Å². The van der Waals surface area contributed by atoms with Crippen LogP contribution in [0.1, 0.15) is 21.6 Å². The first-order valence-electron chi connectivity index (χ1n) is 9.99. The Morgan fingerprint density at radius 1 is 0.903 bits per heavy atom. The lowest BCUT2D eigenvalue weighted by molar-refractivity contribution is -0.577. The van der Waals surface area contributed by atoms with Gasteiger partial charge in [0.2, 0.25) is 11.3 Å². The first-order chi connectivity index (χ1) is 15.0. The summed E-state index contributed by atoms with van der Waals surface area (Å²) in [4.78, 5) is 1.22. The van der Waals surface area contributed by atoms with Crippen molar-refractivity contribution in [3.05, 3.63) is 103 Å². The molecule has 1 aliphatic rings. The Kier molecular flexibility index (Phi) is 5.63. The first kappa shape index (κ1) is 20.7. The van der Waals surface area contributed by atoms with Crippen molar-refractivity contribution < 1.29 is 14.2 Å². The molecule has 0 unspecified atom stereocenters. The van der Waals surface area contributed by atoms with Crippen LogP contribution in [-0.4, -0.2) is 13.2 Å². The number of fused-ring (bicyclic) bond motifs is 1. The van der Waals surface area contributed by atoms with Gasteiger partial charge < -0.3 is 14.7 Å². The summed E-state index contributed by atoms with van der Waals surface area (Å²) in [5.41, 5.74) is 3.44. The van der Waals surface area contributed by atoms with Gasteiger partial charge in [-0.15, -0.1) is 11.3 Å². The summed E-state index contributed by atoms with van der Waals surface area (Å²) in [6.45, 7) is 0.978. The van der Waals surface area contributed by atoms with E-state index in [-0.39, 0.29) is 0 Å². The highest BCUT2D eigenvalue weighted by molar-refractivity contribution is 7.16. The van der Waals surface area contributed by atoms with Crippen LogP contribution in [0, 0.1) is 5.21 Å². The molecule has 0 radical (unpaired) electrons. The molecular weight excluding hydrogens is 453 g/mol. The number of rotatable bonds is 5. The number of thiophene rings is 1. The summed E-state index contributed by atoms with van der Waals surface area (Å²) in [7, 11) is 0. The second-order valence-electron chi connectivity index (χ2n) is 7.42. The number of aromatic nitrogens is 1. The zero-order chi connectivity index (χ0) is 21.4. The van der Waals surface area contributed by atoms with Crippen LogP contribution in [0.4, 0.5) is 0 Å². The van der Waals surface area contributed by atoms with E-state index in [1.807, 2.05) is 60.7 Å². The molecule has 0 spiro atoms. The topological polar surface area (TPSA) is 45.4 Å². The molecule has 0 saturated carbocycles. The molecule has 1 saturated heterocycles. The predicted molar refractivity (Wildman–Crippen MR) is 124 cm³/mol. The first-order valence-corrected chi connectivity index (χ1v) is 11.6. The Hall–Kier alpha value is -2.15. The molecule has 7 heteroatoms. The van der Waals surface area contributed by atoms with Gasteiger partial charge in [0.1, 0.15) is 0 Å². The number of hydrogen-bond acceptors (Lipinski definition) is 4. The van der Waals surface area contributed by atoms with E-state index >= 15 is 0 Å². The summed E-state index contributed by atoms with van der Waals surface area (Å²) < 4.78 is 14.0. The molecule has 158 valence electrons. The zero-order valence-electron chi connectivity index (χ0n) is 16.5. The maximum absolute atomic E-state index is 12.5. The second kappa shape index (κ2) is 8.41. The molecule has 0 amide bonds. The van der Waals surface area contributed by atoms with Crippen LogP contribution < -0.4 is 4.73 Å². The highest BCUT2D eigenvalue weighted by atomic mass is 35.5. The van der Waals surface area contributed by atoms with Crippen LogP contribution in [0.5, 0.6) is 0 Å². The van der Waals surface area contributed by atoms with Gasteiger partial charge in [0.25, 0.3) is 0 Å². The van der Waals surface area contributed by atoms with Crippen molar-refractivity contribution in [3.63, 3.8) is 0 Å². The molecule has 0 aliphatic carbocycles. The number of ether oxygens (including phenoxy) is 2. The molecule has 1 aliphatic heterocycles. The molecule has 2 aromatic heterocycles. The summed E-state index contributed by atoms with van der Waals surface area (Å²) in [5, 5.41) is 14.0. The lowest BCUT2D eigenvalue weighted by Crippen LogP contribution is -2.30. The Morgan fingerprint density at radius 3 is 2.35 bits per heavy atom. The Labute approximate surface area is 194 Å². The summed E-state index contributed by atoms with van der Waals surface area (Å²) in [5.74, 6) is -1.01. The van der Waals surface area contributed by atoms with Crippen molar-refractivity contribution in [2.45, 2.75) is 18.6 Å². The highest BCUT2D eigenvalue weighted by Gasteiger charge is 2.41. The zero-order valence-corrected chi connectivity index (χ0v) is 18.8. The molecule has 0 N–H and O–H groups in total. The van der Waals surface area contributed by atoms with E-state index in [1.165, 1.54) is 4.88 Å². The van der Waals surface area contributed by atoms with Gasteiger partial charge in [0.15, 0.2) is 6.20 Å². The summed E-state index contributed by atoms with van der Waals surface area (Å²) in [6.07, 6.45) is 3.22. The fourth-order valence-corrected chi connectivity index (χ4v) is 5.27. The number of aryl methyl sites for hydroxylation is 2. The number of benzene rings is 2. The van der Waals surface area contributed by atoms with Gasteiger partial charge in [-0.1, -0.05) is 35.3 Å². The molecule has 2 aromatic carbocycles. The fraction of sp³-hybridized carbons (Fsp3) is 0.208. The van der Waals surface area contributed by atoms with E-state index in [1.54, 1.807) is 17.5 Å². The van der Waals surface area contributed by atoms with Crippen LogP contribution in [0.2, 0.25) is 9.36 Å². The number of nitrogens with zero attached hydrogens (tertiary/aromatic N) is 1. The normalized spacial score (nSPS) is 15.5. The second-order valence-corrected chi connectivity index (χ2v) is 9.66. The molecule has 0 bridgehead atoms. The lowest BCUT2D eigenvalue weighted by Gasteiger charge is -2.28. The fourth-order valence-electron chi connectivity index (χ4n) is 4.06. The van der Waals surface area contributed by atoms with Gasteiger partial charge in [-0.25, -0.2) is 0 Å². The van der Waals surface area contributed by atoms with Crippen LogP contribution in [0.25, 0.3) is 10.9 Å². The van der Waals surface area contributed by atoms with Gasteiger partial charge in [0.05, 0.1) is 22.9 Å². The molecule has 4 aromatic rings. The third-order valence-corrected chi connectivity index (χ3v) is 7.10. The van der Waals surface area contributed by atoms with E-state index in [0.717, 1.165) is 44.0 Å². The Bertz CT molecular complexity index is 1230. The molecule has 3 heterocycles. The third kappa shape index (κ3) is 3.93. The van der Waals surface area contributed by atoms with Gasteiger partial charge in [-0.05, 0) is 54.8 Å². The average molecular weight is 472 g/mol. The number of hydrogen-bond donors (Lipinski definition) is 0. The van der Waals surface area contributed by atoms with E-state index in [9.17, 15) is 5.21 Å².